The van der Waals surface area contributed by atoms with Gasteiger partial charge in [-0.15, -0.1) is 0 Å². The molecule has 0 aliphatic heterocycles. The van der Waals surface area contributed by atoms with Crippen molar-refractivity contribution in [3.8, 4) is 0 Å². The van der Waals surface area contributed by atoms with E-state index in [-0.39, 0.29) is 0 Å². The molecule has 0 N–H and O–H groups in total. The summed E-state index contributed by atoms with van der Waals surface area (Å²) in [5.41, 5.74) is 0.458. The lowest BCUT2D eigenvalue weighted by molar-refractivity contribution is -0.116. The first-order chi connectivity index (χ1) is 6.26. The summed E-state index contributed by atoms with van der Waals surface area (Å²) in [6, 6.07) is 0. The Morgan fingerprint density at radius 3 is 2.46 bits per heavy atom. The van der Waals surface area contributed by atoms with Gasteiger partial charge in [-0.25, -0.2) is 0 Å². The van der Waals surface area contributed by atoms with Crippen molar-refractivity contribution in [2.45, 2.75) is 38.5 Å². The molecule has 1 spiro atoms. The van der Waals surface area contributed by atoms with Crippen molar-refractivity contribution in [2.75, 3.05) is 0 Å². The minimum Gasteiger partial charge on any atom is -0.295 e. The third-order valence-electron chi connectivity index (χ3n) is 4.22. The van der Waals surface area contributed by atoms with E-state index in [1.54, 1.807) is 0 Å². The molecule has 3 saturated carbocycles. The van der Waals surface area contributed by atoms with Gasteiger partial charge in [0.25, 0.3) is 0 Å². The lowest BCUT2D eigenvalue weighted by atomic mass is 9.53. The van der Waals surface area contributed by atoms with E-state index in [2.05, 4.69) is 6.08 Å². The Balaban J connectivity index is 1.82. The van der Waals surface area contributed by atoms with Crippen molar-refractivity contribution in [1.29, 1.82) is 0 Å². The van der Waals surface area contributed by atoms with E-state index in [1.807, 2.05) is 6.08 Å². The van der Waals surface area contributed by atoms with Crippen LogP contribution in [0.3, 0.4) is 0 Å². The summed E-state index contributed by atoms with van der Waals surface area (Å²) < 4.78 is 0. The minimum absolute atomic E-state index is 0.338. The lowest BCUT2D eigenvalue weighted by Crippen LogP contribution is -2.41. The van der Waals surface area contributed by atoms with E-state index in [9.17, 15) is 4.79 Å². The van der Waals surface area contributed by atoms with Crippen LogP contribution in [0.1, 0.15) is 38.5 Å². The maximum absolute atomic E-state index is 11.1. The van der Waals surface area contributed by atoms with Gasteiger partial charge in [0.1, 0.15) is 0 Å². The quantitative estimate of drug-likeness (QED) is 0.554. The van der Waals surface area contributed by atoms with Gasteiger partial charge >= 0.3 is 0 Å². The fraction of sp³-hybridized carbons (Fsp3) is 0.750. The molecule has 0 aromatic carbocycles. The number of carbonyl (C=O) groups excluding carboxylic acids is 1. The van der Waals surface area contributed by atoms with Gasteiger partial charge in [-0.3, -0.25) is 4.79 Å². The largest absolute Gasteiger partial charge is 0.295 e. The maximum Gasteiger partial charge on any atom is 0.155 e. The van der Waals surface area contributed by atoms with E-state index in [4.69, 9.17) is 0 Å². The number of allylic oxidation sites excluding steroid dienone is 2. The third kappa shape index (κ3) is 1.17. The zero-order valence-corrected chi connectivity index (χ0v) is 7.96. The Kier molecular flexibility index (Phi) is 1.47. The van der Waals surface area contributed by atoms with Crippen molar-refractivity contribution in [2.24, 2.45) is 17.3 Å². The summed E-state index contributed by atoms with van der Waals surface area (Å²) in [7, 11) is 0. The molecule has 0 atom stereocenters. The second kappa shape index (κ2) is 2.46. The smallest absolute Gasteiger partial charge is 0.155 e. The number of hydrogen-bond donors (Lipinski definition) is 0. The average molecular weight is 176 g/mol. The Hall–Kier alpha value is -0.590. The van der Waals surface area contributed by atoms with Crippen LogP contribution in [0.25, 0.3) is 0 Å². The van der Waals surface area contributed by atoms with E-state index in [1.165, 1.54) is 25.7 Å². The molecule has 0 aromatic rings. The molecule has 13 heavy (non-hydrogen) atoms. The van der Waals surface area contributed by atoms with Gasteiger partial charge in [0.15, 0.2) is 5.78 Å². The van der Waals surface area contributed by atoms with E-state index >= 15 is 0 Å². The molecular weight excluding hydrogens is 160 g/mol. The average Bonchev–Trinajstić information content (AvgIpc) is 2.10. The van der Waals surface area contributed by atoms with Gasteiger partial charge in [-0.1, -0.05) is 6.08 Å². The van der Waals surface area contributed by atoms with Crippen LogP contribution in [-0.2, 0) is 4.79 Å². The van der Waals surface area contributed by atoms with Gasteiger partial charge < -0.3 is 0 Å². The Labute approximate surface area is 79.2 Å². The summed E-state index contributed by atoms with van der Waals surface area (Å²) in [4.78, 5) is 11.1. The topological polar surface area (TPSA) is 17.1 Å². The van der Waals surface area contributed by atoms with Crippen molar-refractivity contribution in [3.05, 3.63) is 12.2 Å². The number of rotatable bonds is 0. The van der Waals surface area contributed by atoms with Gasteiger partial charge in [0.2, 0.25) is 0 Å². The SMILES string of the molecule is O=C1C=CC2(CC1)CC1CC(C1)C2. The van der Waals surface area contributed by atoms with E-state index < -0.39 is 0 Å². The molecule has 0 amide bonds. The van der Waals surface area contributed by atoms with Gasteiger partial charge in [-0.05, 0) is 55.4 Å². The Morgan fingerprint density at radius 2 is 1.92 bits per heavy atom. The first-order valence-electron chi connectivity index (χ1n) is 5.48. The number of hydrogen-bond acceptors (Lipinski definition) is 1. The second-order valence-electron chi connectivity index (χ2n) is 5.27. The highest BCUT2D eigenvalue weighted by molar-refractivity contribution is 5.90. The summed E-state index contributed by atoms with van der Waals surface area (Å²) in [5.74, 6) is 2.33. The monoisotopic (exact) mass is 176 g/mol. The standard InChI is InChI=1S/C12H16O/c13-11-1-3-12(4-2-11)7-9-5-10(6-9)8-12/h1,3,9-10H,2,4-8H2. The molecule has 1 heteroatoms. The molecule has 0 aromatic heterocycles. The van der Waals surface area contributed by atoms with Crippen molar-refractivity contribution in [1.82, 2.24) is 0 Å². The Bertz CT molecular complexity index is 261. The zero-order valence-electron chi connectivity index (χ0n) is 7.96. The highest BCUT2D eigenvalue weighted by Crippen LogP contribution is 2.56. The molecular formula is C12H16O. The first-order valence-corrected chi connectivity index (χ1v) is 5.48. The van der Waals surface area contributed by atoms with Crippen molar-refractivity contribution < 1.29 is 4.79 Å². The molecule has 2 bridgehead atoms. The summed E-state index contributed by atoms with van der Waals surface area (Å²) in [6.07, 6.45) is 11.7. The fourth-order valence-electron chi connectivity index (χ4n) is 3.59. The number of ketones is 1. The molecule has 0 heterocycles. The summed E-state index contributed by atoms with van der Waals surface area (Å²) >= 11 is 0. The molecule has 1 nitrogen and oxygen atoms in total. The lowest BCUT2D eigenvalue weighted by Gasteiger charge is -2.52. The van der Waals surface area contributed by atoms with Crippen molar-refractivity contribution >= 4 is 5.78 Å². The molecule has 4 aliphatic rings. The summed E-state index contributed by atoms with van der Waals surface area (Å²) in [5, 5.41) is 0. The van der Waals surface area contributed by atoms with Crippen LogP contribution in [0.5, 0.6) is 0 Å². The third-order valence-corrected chi connectivity index (χ3v) is 4.22. The van der Waals surface area contributed by atoms with E-state index in [0.29, 0.717) is 11.2 Å². The molecule has 0 radical (unpaired) electrons. The second-order valence-corrected chi connectivity index (χ2v) is 5.27. The fourth-order valence-corrected chi connectivity index (χ4v) is 3.59. The minimum atomic E-state index is 0.338. The van der Waals surface area contributed by atoms with Gasteiger partial charge in [0, 0.05) is 6.42 Å². The zero-order chi connectivity index (χ0) is 8.89. The van der Waals surface area contributed by atoms with Crippen LogP contribution in [-0.4, -0.2) is 5.78 Å². The maximum atomic E-state index is 11.1. The van der Waals surface area contributed by atoms with Crippen LogP contribution < -0.4 is 0 Å². The molecule has 4 aliphatic carbocycles. The van der Waals surface area contributed by atoms with E-state index in [0.717, 1.165) is 24.7 Å². The molecule has 0 saturated heterocycles. The van der Waals surface area contributed by atoms with Gasteiger partial charge in [-0.2, -0.15) is 0 Å². The van der Waals surface area contributed by atoms with Crippen LogP contribution in [0, 0.1) is 17.3 Å². The normalized spacial score (nSPS) is 47.8. The number of carbonyl (C=O) groups is 1. The predicted octanol–water partition coefficient (Wildman–Crippen LogP) is 2.71. The van der Waals surface area contributed by atoms with Gasteiger partial charge in [0.05, 0.1) is 0 Å². The first kappa shape index (κ1) is 7.78. The molecule has 4 rings (SSSR count). The molecule has 3 fully saturated rings. The predicted molar refractivity (Wildman–Crippen MR) is 51.3 cm³/mol. The van der Waals surface area contributed by atoms with Crippen LogP contribution in [0.4, 0.5) is 0 Å². The van der Waals surface area contributed by atoms with Crippen LogP contribution in [0.2, 0.25) is 0 Å². The van der Waals surface area contributed by atoms with Crippen LogP contribution in [0.15, 0.2) is 12.2 Å². The van der Waals surface area contributed by atoms with Crippen LogP contribution >= 0.6 is 0 Å². The highest BCUT2D eigenvalue weighted by atomic mass is 16.1. The van der Waals surface area contributed by atoms with Crippen molar-refractivity contribution in [3.63, 3.8) is 0 Å². The molecule has 0 unspecified atom stereocenters. The summed E-state index contributed by atoms with van der Waals surface area (Å²) in [6.45, 7) is 0. The highest BCUT2D eigenvalue weighted by Gasteiger charge is 2.46. The Morgan fingerprint density at radius 1 is 1.23 bits per heavy atom. The molecule has 70 valence electrons.